The number of anilines is 1. The third-order valence-electron chi connectivity index (χ3n) is 12.3. The van der Waals surface area contributed by atoms with Crippen LogP contribution in [-0.2, 0) is 25.5 Å². The Morgan fingerprint density at radius 2 is 1.69 bits per heavy atom. The molecule has 8 rings (SSSR count). The Hall–Kier alpha value is -6.20. The Morgan fingerprint density at radius 3 is 2.42 bits per heavy atom. The number of amides is 4. The molecule has 324 valence electrons. The van der Waals surface area contributed by atoms with Gasteiger partial charge in [-0.3, -0.25) is 58.2 Å². The Labute approximate surface area is 357 Å². The maximum Gasteiger partial charge on any atom is 0.266 e. The fourth-order valence-corrected chi connectivity index (χ4v) is 8.97. The zero-order valence-electron chi connectivity index (χ0n) is 35.0. The van der Waals surface area contributed by atoms with Crippen LogP contribution in [0.2, 0.25) is 0 Å². The molecule has 1 unspecified atom stereocenters. The molecule has 1 aliphatic carbocycles. The average Bonchev–Trinajstić information content (AvgIpc) is 3.88. The van der Waals surface area contributed by atoms with E-state index in [1.54, 1.807) is 23.8 Å². The molecule has 4 aromatic rings. The van der Waals surface area contributed by atoms with Crippen LogP contribution in [0.25, 0.3) is 11.0 Å². The second kappa shape index (κ2) is 18.4. The van der Waals surface area contributed by atoms with Gasteiger partial charge in [0.25, 0.3) is 17.4 Å². The molecule has 3 fully saturated rings. The molecule has 0 bridgehead atoms. The molecule has 17 heteroatoms. The first-order valence-electron chi connectivity index (χ1n) is 21.4. The van der Waals surface area contributed by atoms with Gasteiger partial charge in [-0.2, -0.15) is 0 Å². The zero-order chi connectivity index (χ0) is 43.5. The van der Waals surface area contributed by atoms with Crippen LogP contribution in [0.5, 0.6) is 5.75 Å². The number of carbonyl (C=O) groups is 6. The van der Waals surface area contributed by atoms with Crippen molar-refractivity contribution in [3.63, 3.8) is 0 Å². The Bertz CT molecular complexity index is 2490. The van der Waals surface area contributed by atoms with Crippen LogP contribution in [0, 0.1) is 6.92 Å². The summed E-state index contributed by atoms with van der Waals surface area (Å²) in [5, 5.41) is 2.90. The van der Waals surface area contributed by atoms with Crippen molar-refractivity contribution in [1.82, 2.24) is 34.6 Å². The SMILES string of the molecule is CC(=O)c1c(C)c2cnc(Cc3ccc(N4CCN(CCOCCCC(=O)COc5cccc6c5C(=O)N(C5CCC(=O)NC5=O)C6=O)CC4)cn3)nc2n(C2CCCC2)c1=O. The number of pyridine rings is 2. The van der Waals surface area contributed by atoms with E-state index in [9.17, 15) is 33.6 Å². The van der Waals surface area contributed by atoms with Gasteiger partial charge in [0.15, 0.2) is 11.6 Å². The van der Waals surface area contributed by atoms with Crippen molar-refractivity contribution in [2.45, 2.75) is 83.7 Å². The van der Waals surface area contributed by atoms with Crippen LogP contribution in [0.4, 0.5) is 5.69 Å². The molecule has 1 saturated carbocycles. The minimum Gasteiger partial charge on any atom is -0.485 e. The van der Waals surface area contributed by atoms with Crippen molar-refractivity contribution in [3.8, 4) is 5.75 Å². The standard InChI is InChI=1S/C45H50N8O9/c1-27-34-25-47-37(48-41(34)52(30-7-3-4-8-30)44(59)39(27)28(2)54)23-29-12-13-31(24-46-29)51-18-16-50(17-19-51)20-22-61-21-6-9-32(55)26-62-36-11-5-10-33-40(36)45(60)53(43(33)58)35-14-15-38(56)49-42(35)57/h5,10-13,24-25,30,35H,3-4,6-9,14-23,26H2,1-2H3,(H,49,56,57). The van der Waals surface area contributed by atoms with Crippen molar-refractivity contribution < 1.29 is 38.2 Å². The van der Waals surface area contributed by atoms with Crippen LogP contribution in [-0.4, -0.2) is 123 Å². The van der Waals surface area contributed by atoms with Crippen molar-refractivity contribution in [2.75, 3.05) is 57.4 Å². The van der Waals surface area contributed by atoms with Crippen LogP contribution < -0.4 is 20.5 Å². The minimum absolute atomic E-state index is 0.00790. The lowest BCUT2D eigenvalue weighted by atomic mass is 10.0. The summed E-state index contributed by atoms with van der Waals surface area (Å²) >= 11 is 0. The van der Waals surface area contributed by atoms with Crippen molar-refractivity contribution in [2.24, 2.45) is 0 Å². The predicted molar refractivity (Wildman–Crippen MR) is 225 cm³/mol. The summed E-state index contributed by atoms with van der Waals surface area (Å²) in [6.45, 7) is 8.05. The molecule has 0 radical (unpaired) electrons. The lowest BCUT2D eigenvalue weighted by Gasteiger charge is -2.35. The summed E-state index contributed by atoms with van der Waals surface area (Å²) in [6, 6.07) is 7.53. The molecule has 4 aliphatic rings. The molecular formula is C45H50N8O9. The highest BCUT2D eigenvalue weighted by molar-refractivity contribution is 6.24. The number of Topliss-reactive ketones (excluding diaryl/α,β-unsaturated/α-hetero) is 2. The van der Waals surface area contributed by atoms with Gasteiger partial charge in [0.1, 0.15) is 29.9 Å². The molecule has 6 heterocycles. The summed E-state index contributed by atoms with van der Waals surface area (Å²) in [7, 11) is 0. The number of rotatable bonds is 16. The number of aromatic nitrogens is 4. The first-order chi connectivity index (χ1) is 30.0. The summed E-state index contributed by atoms with van der Waals surface area (Å²) in [6.07, 6.45) is 8.67. The van der Waals surface area contributed by atoms with Gasteiger partial charge in [-0.1, -0.05) is 18.9 Å². The van der Waals surface area contributed by atoms with E-state index in [0.717, 1.165) is 80.1 Å². The molecule has 4 amide bonds. The Balaban J connectivity index is 0.750. The van der Waals surface area contributed by atoms with Gasteiger partial charge in [-0.05, 0) is 69.4 Å². The molecule has 1 N–H and O–H groups in total. The second-order valence-electron chi connectivity index (χ2n) is 16.4. The number of imide groups is 2. The molecule has 1 aromatic carbocycles. The van der Waals surface area contributed by atoms with E-state index in [1.165, 1.54) is 19.1 Å². The van der Waals surface area contributed by atoms with E-state index in [0.29, 0.717) is 43.1 Å². The Morgan fingerprint density at radius 1 is 0.903 bits per heavy atom. The molecule has 3 aromatic heterocycles. The average molecular weight is 847 g/mol. The lowest BCUT2D eigenvalue weighted by molar-refractivity contribution is -0.136. The van der Waals surface area contributed by atoms with Crippen molar-refractivity contribution in [1.29, 1.82) is 0 Å². The van der Waals surface area contributed by atoms with Crippen molar-refractivity contribution >= 4 is 51.9 Å². The van der Waals surface area contributed by atoms with Gasteiger partial charge in [0, 0.05) is 75.5 Å². The molecule has 17 nitrogen and oxygen atoms in total. The molecule has 1 atom stereocenters. The molecule has 62 heavy (non-hydrogen) atoms. The van der Waals surface area contributed by atoms with E-state index >= 15 is 0 Å². The topological polar surface area (TPSA) is 203 Å². The highest BCUT2D eigenvalue weighted by atomic mass is 16.5. The summed E-state index contributed by atoms with van der Waals surface area (Å²) in [4.78, 5) is 109. The van der Waals surface area contributed by atoms with Crippen LogP contribution >= 0.6 is 0 Å². The van der Waals surface area contributed by atoms with Crippen LogP contribution in [0.15, 0.2) is 47.5 Å². The number of benzene rings is 1. The Kier molecular flexibility index (Phi) is 12.6. The van der Waals surface area contributed by atoms with Gasteiger partial charge in [-0.25, -0.2) is 9.97 Å². The minimum atomic E-state index is -1.09. The van der Waals surface area contributed by atoms with E-state index in [4.69, 9.17) is 19.4 Å². The van der Waals surface area contributed by atoms with Gasteiger partial charge >= 0.3 is 0 Å². The number of hydrogen-bond acceptors (Lipinski definition) is 14. The molecular weight excluding hydrogens is 797 g/mol. The summed E-state index contributed by atoms with van der Waals surface area (Å²) in [5.74, 6) is -2.23. The van der Waals surface area contributed by atoms with E-state index in [-0.39, 0.29) is 71.5 Å². The zero-order valence-corrected chi connectivity index (χ0v) is 35.0. The molecule has 0 spiro atoms. The maximum absolute atomic E-state index is 13.6. The number of nitrogens with one attached hydrogen (secondary N) is 1. The first-order valence-corrected chi connectivity index (χ1v) is 21.4. The number of hydrogen-bond donors (Lipinski definition) is 1. The van der Waals surface area contributed by atoms with E-state index < -0.39 is 29.7 Å². The van der Waals surface area contributed by atoms with E-state index in [1.807, 2.05) is 12.3 Å². The van der Waals surface area contributed by atoms with Gasteiger partial charge in [0.2, 0.25) is 11.8 Å². The fourth-order valence-electron chi connectivity index (χ4n) is 8.97. The largest absolute Gasteiger partial charge is 0.485 e. The number of ether oxygens (including phenoxy) is 2. The third-order valence-corrected chi connectivity index (χ3v) is 12.3. The van der Waals surface area contributed by atoms with Crippen LogP contribution in [0.1, 0.15) is 112 Å². The number of nitrogens with zero attached hydrogens (tertiary/aromatic N) is 7. The number of carbonyl (C=O) groups excluding carboxylic acids is 6. The fraction of sp³-hybridized carbons (Fsp3) is 0.467. The smallest absolute Gasteiger partial charge is 0.266 e. The quantitative estimate of drug-likeness (QED) is 0.0977. The van der Waals surface area contributed by atoms with Gasteiger partial charge in [0.05, 0.1) is 41.6 Å². The van der Waals surface area contributed by atoms with Gasteiger partial charge < -0.3 is 14.4 Å². The predicted octanol–water partition coefficient (Wildman–Crippen LogP) is 3.37. The monoisotopic (exact) mass is 846 g/mol. The first kappa shape index (κ1) is 42.5. The summed E-state index contributed by atoms with van der Waals surface area (Å²) in [5.41, 5.74) is 3.12. The second-order valence-corrected chi connectivity index (χ2v) is 16.4. The number of piperidine rings is 1. The number of fused-ring (bicyclic) bond motifs is 2. The van der Waals surface area contributed by atoms with E-state index in [2.05, 4.69) is 26.2 Å². The highest BCUT2D eigenvalue weighted by Gasteiger charge is 2.46. The number of aryl methyl sites for hydroxylation is 1. The third kappa shape index (κ3) is 8.77. The molecule has 3 aliphatic heterocycles. The molecule has 2 saturated heterocycles. The van der Waals surface area contributed by atoms with Gasteiger partial charge in [-0.15, -0.1) is 0 Å². The van der Waals surface area contributed by atoms with Crippen LogP contribution in [0.3, 0.4) is 0 Å². The normalized spacial score (nSPS) is 18.5. The summed E-state index contributed by atoms with van der Waals surface area (Å²) < 4.78 is 13.3. The maximum atomic E-state index is 13.6. The number of piperazine rings is 1. The lowest BCUT2D eigenvalue weighted by Crippen LogP contribution is -2.54. The van der Waals surface area contributed by atoms with Crippen molar-refractivity contribution in [3.05, 3.63) is 86.9 Å². The highest BCUT2D eigenvalue weighted by Crippen LogP contribution is 2.34. The number of ketones is 2.